The molecule has 0 aromatic heterocycles. The van der Waals surface area contributed by atoms with Crippen molar-refractivity contribution in [3.63, 3.8) is 0 Å². The number of benzene rings is 2. The van der Waals surface area contributed by atoms with Crippen molar-refractivity contribution in [3.05, 3.63) is 53.1 Å². The summed E-state index contributed by atoms with van der Waals surface area (Å²) in [6, 6.07) is 13.1. The monoisotopic (exact) mass is 344 g/mol. The minimum atomic E-state index is -0.835. The summed E-state index contributed by atoms with van der Waals surface area (Å²) < 4.78 is 5.75. The van der Waals surface area contributed by atoms with Crippen molar-refractivity contribution < 1.29 is 14.6 Å². The molecule has 0 spiro atoms. The third kappa shape index (κ3) is 4.18. The lowest BCUT2D eigenvalue weighted by molar-refractivity contribution is -0.124. The Kier molecular flexibility index (Phi) is 5.67. The van der Waals surface area contributed by atoms with Crippen LogP contribution in [0.3, 0.4) is 0 Å². The van der Waals surface area contributed by atoms with Crippen LogP contribution in [0.15, 0.2) is 42.5 Å². The first-order valence-electron chi connectivity index (χ1n) is 7.37. The van der Waals surface area contributed by atoms with Gasteiger partial charge >= 0.3 is 0 Å². The van der Waals surface area contributed by atoms with Crippen molar-refractivity contribution in [2.75, 3.05) is 5.32 Å². The minimum Gasteiger partial charge on any atom is -0.506 e. The normalized spacial score (nSPS) is 11.6. The van der Waals surface area contributed by atoms with Gasteiger partial charge in [-0.3, -0.25) is 4.79 Å². The molecule has 1 amide bonds. The Hall–Kier alpha value is -2.71. The Morgan fingerprint density at radius 2 is 2.00 bits per heavy atom. The molecular weight excluding hydrogens is 328 g/mol. The van der Waals surface area contributed by atoms with Gasteiger partial charge in [-0.15, -0.1) is 0 Å². The quantitative estimate of drug-likeness (QED) is 0.804. The molecule has 6 heteroatoms. The first kappa shape index (κ1) is 17.6. The molecule has 5 nitrogen and oxygen atoms in total. The number of hydrogen-bond acceptors (Lipinski definition) is 4. The highest BCUT2D eigenvalue weighted by molar-refractivity contribution is 6.31. The van der Waals surface area contributed by atoms with Gasteiger partial charge in [0.25, 0.3) is 5.91 Å². The van der Waals surface area contributed by atoms with Gasteiger partial charge in [-0.25, -0.2) is 0 Å². The van der Waals surface area contributed by atoms with Gasteiger partial charge in [0.1, 0.15) is 17.6 Å². The molecule has 0 heterocycles. The Labute approximate surface area is 145 Å². The van der Waals surface area contributed by atoms with E-state index in [1.807, 2.05) is 19.9 Å². The first-order chi connectivity index (χ1) is 11.4. The van der Waals surface area contributed by atoms with Crippen LogP contribution in [0.4, 0.5) is 5.69 Å². The van der Waals surface area contributed by atoms with Crippen LogP contribution >= 0.6 is 11.6 Å². The summed E-state index contributed by atoms with van der Waals surface area (Å²) in [5, 5.41) is 21.9. The summed E-state index contributed by atoms with van der Waals surface area (Å²) in [6.45, 7) is 3.66. The predicted octanol–water partition coefficient (Wildman–Crippen LogP) is 3.96. The van der Waals surface area contributed by atoms with E-state index in [2.05, 4.69) is 5.32 Å². The average molecular weight is 345 g/mol. The van der Waals surface area contributed by atoms with Gasteiger partial charge in [0.15, 0.2) is 6.10 Å². The van der Waals surface area contributed by atoms with Crippen LogP contribution < -0.4 is 10.1 Å². The van der Waals surface area contributed by atoms with Crippen LogP contribution in [0.1, 0.15) is 19.4 Å². The van der Waals surface area contributed by atoms with Gasteiger partial charge in [-0.2, -0.15) is 5.26 Å². The van der Waals surface area contributed by atoms with Gasteiger partial charge in [-0.05, 0) is 36.2 Å². The van der Waals surface area contributed by atoms with E-state index in [0.717, 1.165) is 0 Å². The Morgan fingerprint density at radius 3 is 2.67 bits per heavy atom. The molecule has 0 fully saturated rings. The van der Waals surface area contributed by atoms with E-state index in [4.69, 9.17) is 21.6 Å². The number of phenols is 1. The molecule has 0 aliphatic carbocycles. The van der Waals surface area contributed by atoms with Gasteiger partial charge in [-0.1, -0.05) is 37.6 Å². The maximum atomic E-state index is 12.5. The van der Waals surface area contributed by atoms with E-state index in [1.54, 1.807) is 24.3 Å². The van der Waals surface area contributed by atoms with Crippen molar-refractivity contribution >= 4 is 23.2 Å². The van der Waals surface area contributed by atoms with Crippen LogP contribution in [-0.2, 0) is 4.79 Å². The third-order valence-corrected chi connectivity index (χ3v) is 3.58. The number of nitrogens with one attached hydrogen (secondary N) is 1. The largest absolute Gasteiger partial charge is 0.506 e. The number of para-hydroxylation sites is 1. The van der Waals surface area contributed by atoms with Gasteiger partial charge in [0.05, 0.1) is 11.3 Å². The summed E-state index contributed by atoms with van der Waals surface area (Å²) >= 11 is 5.88. The van der Waals surface area contributed by atoms with Gasteiger partial charge in [0, 0.05) is 5.02 Å². The maximum absolute atomic E-state index is 12.5. The smallest absolute Gasteiger partial charge is 0.265 e. The number of nitrogens with zero attached hydrogens (tertiary/aromatic N) is 1. The predicted molar refractivity (Wildman–Crippen MR) is 92.2 cm³/mol. The molecule has 0 saturated heterocycles. The van der Waals surface area contributed by atoms with Crippen LogP contribution in [0.5, 0.6) is 11.5 Å². The minimum absolute atomic E-state index is 0.0901. The lowest BCUT2D eigenvalue weighted by Crippen LogP contribution is -2.37. The number of anilines is 1. The summed E-state index contributed by atoms with van der Waals surface area (Å²) in [5.74, 6) is -0.342. The molecule has 0 saturated carbocycles. The van der Waals surface area contributed by atoms with E-state index in [0.29, 0.717) is 16.3 Å². The van der Waals surface area contributed by atoms with E-state index in [9.17, 15) is 9.90 Å². The van der Waals surface area contributed by atoms with Crippen LogP contribution in [0.25, 0.3) is 0 Å². The molecule has 1 unspecified atom stereocenters. The highest BCUT2D eigenvalue weighted by Crippen LogP contribution is 2.28. The summed E-state index contributed by atoms with van der Waals surface area (Å²) in [6.07, 6.45) is -0.835. The molecule has 0 radical (unpaired) electrons. The molecule has 2 N–H and O–H groups in total. The van der Waals surface area contributed by atoms with E-state index in [-0.39, 0.29) is 17.4 Å². The second-order valence-electron chi connectivity index (χ2n) is 5.54. The molecular formula is C18H17ClN2O3. The van der Waals surface area contributed by atoms with Crippen LogP contribution in [0, 0.1) is 17.2 Å². The SMILES string of the molecule is CC(C)C(Oc1ccccc1C#N)C(=O)Nc1cc(Cl)ccc1O. The van der Waals surface area contributed by atoms with E-state index < -0.39 is 12.0 Å². The zero-order chi connectivity index (χ0) is 17.7. The number of carbonyl (C=O) groups is 1. The maximum Gasteiger partial charge on any atom is 0.265 e. The highest BCUT2D eigenvalue weighted by Gasteiger charge is 2.26. The average Bonchev–Trinajstić information content (AvgIpc) is 2.55. The Balaban J connectivity index is 2.23. The number of ether oxygens (including phenoxy) is 1. The number of hydrogen-bond donors (Lipinski definition) is 2. The molecule has 2 aromatic rings. The Bertz CT molecular complexity index is 784. The zero-order valence-electron chi connectivity index (χ0n) is 13.3. The molecule has 1 atom stereocenters. The molecule has 2 rings (SSSR count). The van der Waals surface area contributed by atoms with Gasteiger partial charge < -0.3 is 15.2 Å². The van der Waals surface area contributed by atoms with Crippen molar-refractivity contribution in [1.29, 1.82) is 5.26 Å². The van der Waals surface area contributed by atoms with Crippen molar-refractivity contribution in [1.82, 2.24) is 0 Å². The summed E-state index contributed by atoms with van der Waals surface area (Å²) in [4.78, 5) is 12.5. The fourth-order valence-corrected chi connectivity index (χ4v) is 2.28. The Morgan fingerprint density at radius 1 is 1.29 bits per heavy atom. The second kappa shape index (κ2) is 7.71. The number of nitriles is 1. The molecule has 2 aromatic carbocycles. The van der Waals surface area contributed by atoms with Crippen molar-refractivity contribution in [2.24, 2.45) is 5.92 Å². The molecule has 0 bridgehead atoms. The third-order valence-electron chi connectivity index (χ3n) is 3.34. The fourth-order valence-electron chi connectivity index (χ4n) is 2.10. The van der Waals surface area contributed by atoms with E-state index in [1.165, 1.54) is 18.2 Å². The number of phenolic OH excluding ortho intramolecular Hbond substituents is 1. The summed E-state index contributed by atoms with van der Waals surface area (Å²) in [5.41, 5.74) is 0.553. The number of rotatable bonds is 5. The fraction of sp³-hybridized carbons (Fsp3) is 0.222. The lowest BCUT2D eigenvalue weighted by Gasteiger charge is -2.22. The topological polar surface area (TPSA) is 82.3 Å². The number of halogens is 1. The molecule has 24 heavy (non-hydrogen) atoms. The molecule has 0 aliphatic heterocycles. The molecule has 124 valence electrons. The van der Waals surface area contributed by atoms with Gasteiger partial charge in [0.2, 0.25) is 0 Å². The van der Waals surface area contributed by atoms with Crippen LogP contribution in [0.2, 0.25) is 5.02 Å². The summed E-state index contributed by atoms with van der Waals surface area (Å²) in [7, 11) is 0. The highest BCUT2D eigenvalue weighted by atomic mass is 35.5. The number of amides is 1. The lowest BCUT2D eigenvalue weighted by atomic mass is 10.1. The van der Waals surface area contributed by atoms with Crippen LogP contribution in [-0.4, -0.2) is 17.1 Å². The number of carbonyl (C=O) groups excluding carboxylic acids is 1. The van der Waals surface area contributed by atoms with Crippen molar-refractivity contribution in [3.8, 4) is 17.6 Å². The second-order valence-corrected chi connectivity index (χ2v) is 5.98. The first-order valence-corrected chi connectivity index (χ1v) is 7.75. The molecule has 0 aliphatic rings. The van der Waals surface area contributed by atoms with Crippen molar-refractivity contribution in [2.45, 2.75) is 20.0 Å². The zero-order valence-corrected chi connectivity index (χ0v) is 14.0. The standard InChI is InChI=1S/C18H17ClN2O3/c1-11(2)17(24-16-6-4-3-5-12(16)10-20)18(23)21-14-9-13(19)7-8-15(14)22/h3-9,11,17,22H,1-2H3,(H,21,23). The van der Waals surface area contributed by atoms with E-state index >= 15 is 0 Å². The number of aromatic hydroxyl groups is 1.